The zero-order valence-electron chi connectivity index (χ0n) is 9.75. The van der Waals surface area contributed by atoms with Gasteiger partial charge in [0, 0.05) is 13.2 Å². The summed E-state index contributed by atoms with van der Waals surface area (Å²) in [5.74, 6) is 0. The second kappa shape index (κ2) is 7.92. The van der Waals surface area contributed by atoms with Gasteiger partial charge in [-0.1, -0.05) is 0 Å². The fourth-order valence-electron chi connectivity index (χ4n) is 1.58. The summed E-state index contributed by atoms with van der Waals surface area (Å²) in [7, 11) is 0. The van der Waals surface area contributed by atoms with Gasteiger partial charge in [-0.2, -0.15) is 0 Å². The summed E-state index contributed by atoms with van der Waals surface area (Å²) < 4.78 is 35.0. The summed E-state index contributed by atoms with van der Waals surface area (Å²) in [6.07, 6.45) is 0.882. The number of nitrogens with one attached hydrogen (secondary N) is 1. The highest BCUT2D eigenvalue weighted by Crippen LogP contribution is 2.11. The Labute approximate surface area is 95.5 Å². The van der Waals surface area contributed by atoms with Crippen LogP contribution in [0.1, 0.15) is 26.2 Å². The standard InChI is InChI=1S/C11H21F2NO2/c1-9(11(12)13)14-5-3-6-15-8-10-4-2-7-16-10/h9-11,14H,2-8H2,1H3. The van der Waals surface area contributed by atoms with Crippen molar-refractivity contribution in [2.45, 2.75) is 44.8 Å². The second-order valence-corrected chi connectivity index (χ2v) is 4.14. The van der Waals surface area contributed by atoms with Crippen molar-refractivity contribution in [1.82, 2.24) is 5.32 Å². The third-order valence-electron chi connectivity index (χ3n) is 2.64. The Morgan fingerprint density at radius 1 is 1.50 bits per heavy atom. The summed E-state index contributed by atoms with van der Waals surface area (Å²) in [5, 5.41) is 2.75. The van der Waals surface area contributed by atoms with Crippen LogP contribution in [0, 0.1) is 0 Å². The first-order valence-electron chi connectivity index (χ1n) is 5.91. The average molecular weight is 237 g/mol. The molecule has 0 spiro atoms. The third-order valence-corrected chi connectivity index (χ3v) is 2.64. The molecule has 2 unspecified atom stereocenters. The summed E-state index contributed by atoms with van der Waals surface area (Å²) in [6, 6.07) is -0.738. The van der Waals surface area contributed by atoms with Crippen LogP contribution in [0.15, 0.2) is 0 Å². The van der Waals surface area contributed by atoms with Gasteiger partial charge in [-0.25, -0.2) is 8.78 Å². The van der Waals surface area contributed by atoms with E-state index in [1.165, 1.54) is 6.92 Å². The minimum atomic E-state index is -2.30. The smallest absolute Gasteiger partial charge is 0.253 e. The van der Waals surface area contributed by atoms with Gasteiger partial charge in [0.25, 0.3) is 6.43 Å². The van der Waals surface area contributed by atoms with Crippen LogP contribution in [0.25, 0.3) is 0 Å². The fraction of sp³-hybridized carbons (Fsp3) is 1.00. The van der Waals surface area contributed by atoms with Crippen LogP contribution in [0.3, 0.4) is 0 Å². The normalized spacial score (nSPS) is 22.9. The zero-order chi connectivity index (χ0) is 11.8. The van der Waals surface area contributed by atoms with Crippen LogP contribution in [0.5, 0.6) is 0 Å². The topological polar surface area (TPSA) is 30.5 Å². The maximum Gasteiger partial charge on any atom is 0.253 e. The molecule has 2 atom stereocenters. The quantitative estimate of drug-likeness (QED) is 0.653. The van der Waals surface area contributed by atoms with Crippen LogP contribution in [0.2, 0.25) is 0 Å². The Morgan fingerprint density at radius 3 is 2.94 bits per heavy atom. The predicted molar refractivity (Wildman–Crippen MR) is 57.9 cm³/mol. The number of hydrogen-bond donors (Lipinski definition) is 1. The van der Waals surface area contributed by atoms with E-state index >= 15 is 0 Å². The number of ether oxygens (including phenoxy) is 2. The molecule has 0 amide bonds. The van der Waals surface area contributed by atoms with Gasteiger partial charge >= 0.3 is 0 Å². The number of rotatable bonds is 8. The van der Waals surface area contributed by atoms with E-state index in [1.807, 2.05) is 0 Å². The summed E-state index contributed by atoms with van der Waals surface area (Å²) in [5.41, 5.74) is 0. The van der Waals surface area contributed by atoms with Gasteiger partial charge in [-0.3, -0.25) is 0 Å². The molecule has 96 valence electrons. The van der Waals surface area contributed by atoms with Crippen LogP contribution in [-0.4, -0.2) is 44.9 Å². The van der Waals surface area contributed by atoms with Crippen LogP contribution < -0.4 is 5.32 Å². The molecule has 16 heavy (non-hydrogen) atoms. The molecule has 0 bridgehead atoms. The molecule has 1 heterocycles. The molecule has 0 aromatic heterocycles. The highest BCUT2D eigenvalue weighted by molar-refractivity contribution is 4.64. The first-order chi connectivity index (χ1) is 7.70. The second-order valence-electron chi connectivity index (χ2n) is 4.14. The van der Waals surface area contributed by atoms with E-state index in [1.54, 1.807) is 0 Å². The molecule has 0 aliphatic carbocycles. The lowest BCUT2D eigenvalue weighted by molar-refractivity contribution is 0.0161. The monoisotopic (exact) mass is 237 g/mol. The lowest BCUT2D eigenvalue weighted by Gasteiger charge is -2.13. The molecule has 5 heteroatoms. The number of halogens is 2. The molecule has 1 saturated heterocycles. The molecule has 0 radical (unpaired) electrons. The molecular weight excluding hydrogens is 216 g/mol. The van der Waals surface area contributed by atoms with E-state index in [9.17, 15) is 8.78 Å². The van der Waals surface area contributed by atoms with Crippen molar-refractivity contribution in [3.8, 4) is 0 Å². The molecule has 1 N–H and O–H groups in total. The van der Waals surface area contributed by atoms with E-state index in [-0.39, 0.29) is 6.10 Å². The van der Waals surface area contributed by atoms with Crippen molar-refractivity contribution in [2.24, 2.45) is 0 Å². The SMILES string of the molecule is CC(NCCCOCC1CCCO1)C(F)F. The molecule has 0 saturated carbocycles. The van der Waals surface area contributed by atoms with Gasteiger partial charge in [0.2, 0.25) is 0 Å². The van der Waals surface area contributed by atoms with E-state index in [0.29, 0.717) is 19.8 Å². The van der Waals surface area contributed by atoms with Crippen molar-refractivity contribution in [2.75, 3.05) is 26.4 Å². The lowest BCUT2D eigenvalue weighted by Crippen LogP contribution is -2.33. The Hall–Kier alpha value is -0.260. The van der Waals surface area contributed by atoms with Gasteiger partial charge in [0.05, 0.1) is 18.8 Å². The van der Waals surface area contributed by atoms with Crippen molar-refractivity contribution in [3.63, 3.8) is 0 Å². The van der Waals surface area contributed by atoms with Gasteiger partial charge in [-0.15, -0.1) is 0 Å². The van der Waals surface area contributed by atoms with E-state index < -0.39 is 12.5 Å². The first-order valence-corrected chi connectivity index (χ1v) is 5.91. The zero-order valence-corrected chi connectivity index (χ0v) is 9.75. The molecule has 3 nitrogen and oxygen atoms in total. The summed E-state index contributed by atoms with van der Waals surface area (Å²) in [6.45, 7) is 4.11. The molecule has 1 aliphatic rings. The van der Waals surface area contributed by atoms with Crippen molar-refractivity contribution >= 4 is 0 Å². The Balaban J connectivity index is 1.84. The third kappa shape index (κ3) is 5.72. The Kier molecular flexibility index (Phi) is 6.84. The molecule has 1 fully saturated rings. The fourth-order valence-corrected chi connectivity index (χ4v) is 1.58. The molecule has 0 aromatic carbocycles. The Bertz CT molecular complexity index is 169. The maximum absolute atomic E-state index is 12.1. The van der Waals surface area contributed by atoms with E-state index in [2.05, 4.69) is 5.32 Å². The molecular formula is C11H21F2NO2. The van der Waals surface area contributed by atoms with Gasteiger partial charge < -0.3 is 14.8 Å². The lowest BCUT2D eigenvalue weighted by atomic mass is 10.2. The number of alkyl halides is 2. The van der Waals surface area contributed by atoms with E-state index in [4.69, 9.17) is 9.47 Å². The van der Waals surface area contributed by atoms with Crippen LogP contribution >= 0.6 is 0 Å². The van der Waals surface area contributed by atoms with Crippen molar-refractivity contribution in [3.05, 3.63) is 0 Å². The highest BCUT2D eigenvalue weighted by Gasteiger charge is 2.15. The van der Waals surface area contributed by atoms with Crippen LogP contribution in [-0.2, 0) is 9.47 Å². The summed E-state index contributed by atoms with van der Waals surface area (Å²) >= 11 is 0. The van der Waals surface area contributed by atoms with Crippen molar-refractivity contribution in [1.29, 1.82) is 0 Å². The van der Waals surface area contributed by atoms with E-state index in [0.717, 1.165) is 25.9 Å². The average Bonchev–Trinajstić information content (AvgIpc) is 2.75. The molecule has 0 aromatic rings. The largest absolute Gasteiger partial charge is 0.379 e. The van der Waals surface area contributed by atoms with Gasteiger partial charge in [0.1, 0.15) is 0 Å². The summed E-state index contributed by atoms with van der Waals surface area (Å²) in [4.78, 5) is 0. The molecule has 1 aliphatic heterocycles. The van der Waals surface area contributed by atoms with Gasteiger partial charge in [0.15, 0.2) is 0 Å². The maximum atomic E-state index is 12.1. The number of hydrogen-bond acceptors (Lipinski definition) is 3. The minimum Gasteiger partial charge on any atom is -0.379 e. The Morgan fingerprint density at radius 2 is 2.31 bits per heavy atom. The van der Waals surface area contributed by atoms with Crippen LogP contribution in [0.4, 0.5) is 8.78 Å². The minimum absolute atomic E-state index is 0.243. The highest BCUT2D eigenvalue weighted by atomic mass is 19.3. The van der Waals surface area contributed by atoms with Crippen molar-refractivity contribution < 1.29 is 18.3 Å². The van der Waals surface area contributed by atoms with Gasteiger partial charge in [-0.05, 0) is 32.7 Å². The first kappa shape index (κ1) is 13.8. The predicted octanol–water partition coefficient (Wildman–Crippen LogP) is 1.82. The molecule has 1 rings (SSSR count).